The predicted molar refractivity (Wildman–Crippen MR) is 137 cm³/mol. The summed E-state index contributed by atoms with van der Waals surface area (Å²) < 4.78 is 39.9. The molecular formula is C25H33ClFN3O4S. The number of carbonyl (C=O) groups is 2. The molecule has 0 spiro atoms. The maximum atomic E-state index is 14.3. The molecule has 0 aliphatic heterocycles. The summed E-state index contributed by atoms with van der Waals surface area (Å²) in [4.78, 5) is 27.6. The van der Waals surface area contributed by atoms with Gasteiger partial charge in [0.1, 0.15) is 11.9 Å². The molecule has 0 aliphatic rings. The summed E-state index contributed by atoms with van der Waals surface area (Å²) in [5, 5.41) is 3.33. The van der Waals surface area contributed by atoms with Gasteiger partial charge in [0.25, 0.3) is 0 Å². The largest absolute Gasteiger partial charge is 0.354 e. The number of halogens is 2. The van der Waals surface area contributed by atoms with Crippen molar-refractivity contribution in [3.8, 4) is 0 Å². The zero-order chi connectivity index (χ0) is 26.0. The molecule has 7 nitrogen and oxygen atoms in total. The maximum absolute atomic E-state index is 14.3. The Bertz CT molecular complexity index is 1110. The molecule has 0 saturated heterocycles. The van der Waals surface area contributed by atoms with E-state index >= 15 is 0 Å². The number of nitrogens with one attached hydrogen (secondary N) is 1. The Kier molecular flexibility index (Phi) is 11.0. The zero-order valence-electron chi connectivity index (χ0n) is 20.3. The monoisotopic (exact) mass is 525 g/mol. The van der Waals surface area contributed by atoms with Crippen molar-refractivity contribution < 1.29 is 22.4 Å². The Labute approximate surface area is 212 Å². The lowest BCUT2D eigenvalue weighted by molar-refractivity contribution is -0.141. The minimum absolute atomic E-state index is 0.0253. The van der Waals surface area contributed by atoms with E-state index in [2.05, 4.69) is 5.32 Å². The van der Waals surface area contributed by atoms with E-state index in [0.29, 0.717) is 23.6 Å². The summed E-state index contributed by atoms with van der Waals surface area (Å²) in [7, 11) is -3.77. The summed E-state index contributed by atoms with van der Waals surface area (Å²) in [5.41, 5.74) is 0.633. The van der Waals surface area contributed by atoms with Crippen LogP contribution in [0.3, 0.4) is 0 Å². The first-order valence-corrected chi connectivity index (χ1v) is 13.9. The van der Waals surface area contributed by atoms with Gasteiger partial charge in [0.15, 0.2) is 0 Å². The number of rotatable bonds is 13. The third-order valence-electron chi connectivity index (χ3n) is 5.51. The minimum atomic E-state index is -3.77. The Balaban J connectivity index is 2.22. The van der Waals surface area contributed by atoms with Crippen LogP contribution in [0.25, 0.3) is 0 Å². The Hall–Kier alpha value is -2.65. The molecule has 0 unspecified atom stereocenters. The second-order valence-corrected chi connectivity index (χ2v) is 10.5. The van der Waals surface area contributed by atoms with Crippen LogP contribution in [0, 0.1) is 5.82 Å². The Morgan fingerprint density at radius 1 is 1.09 bits per heavy atom. The number of hydrogen-bond acceptors (Lipinski definition) is 4. The van der Waals surface area contributed by atoms with Gasteiger partial charge in [-0.2, -0.15) is 0 Å². The first kappa shape index (κ1) is 28.6. The van der Waals surface area contributed by atoms with E-state index in [9.17, 15) is 22.4 Å². The third kappa shape index (κ3) is 8.21. The molecule has 0 saturated carbocycles. The highest BCUT2D eigenvalue weighted by atomic mass is 35.5. The van der Waals surface area contributed by atoms with Crippen molar-refractivity contribution in [3.63, 3.8) is 0 Å². The minimum Gasteiger partial charge on any atom is -0.354 e. The standard InChI is InChI=1S/C25H33ClFN3O4S/c1-4-16-28-25(32)22(5-2)29(18-19-11-6-7-12-20(19)26)24(31)15-10-17-30(35(3,33)34)23-14-9-8-13-21(23)27/h6-9,11-14,22H,4-5,10,15-18H2,1-3H3,(H,28,32)/t22-/m0/s1. The van der Waals surface area contributed by atoms with Crippen LogP contribution in [0.5, 0.6) is 0 Å². The molecule has 2 aromatic rings. The second-order valence-electron chi connectivity index (χ2n) is 8.22. The quantitative estimate of drug-likeness (QED) is 0.421. The fourth-order valence-electron chi connectivity index (χ4n) is 3.73. The van der Waals surface area contributed by atoms with Crippen LogP contribution in [-0.2, 0) is 26.2 Å². The van der Waals surface area contributed by atoms with Gasteiger partial charge < -0.3 is 10.2 Å². The van der Waals surface area contributed by atoms with Crippen molar-refractivity contribution >= 4 is 39.1 Å². The van der Waals surface area contributed by atoms with E-state index < -0.39 is 21.9 Å². The summed E-state index contributed by atoms with van der Waals surface area (Å²) in [6.07, 6.45) is 2.28. The van der Waals surface area contributed by atoms with Gasteiger partial charge >= 0.3 is 0 Å². The van der Waals surface area contributed by atoms with Crippen molar-refractivity contribution in [2.45, 2.75) is 52.1 Å². The molecule has 10 heteroatoms. The topological polar surface area (TPSA) is 86.8 Å². The number of para-hydroxylation sites is 1. The molecule has 0 aromatic heterocycles. The number of hydrogen-bond donors (Lipinski definition) is 1. The summed E-state index contributed by atoms with van der Waals surface area (Å²) in [5.74, 6) is -1.23. The highest BCUT2D eigenvalue weighted by Gasteiger charge is 2.29. The van der Waals surface area contributed by atoms with E-state index in [-0.39, 0.29) is 43.4 Å². The van der Waals surface area contributed by atoms with Gasteiger partial charge in [-0.05, 0) is 43.0 Å². The molecule has 0 fully saturated rings. The molecule has 1 N–H and O–H groups in total. The lowest BCUT2D eigenvalue weighted by Gasteiger charge is -2.31. The predicted octanol–water partition coefficient (Wildman–Crippen LogP) is 4.36. The molecule has 2 rings (SSSR count). The van der Waals surface area contributed by atoms with E-state index in [1.165, 1.54) is 23.1 Å². The van der Waals surface area contributed by atoms with Crippen LogP contribution in [0.1, 0.15) is 45.1 Å². The average Bonchev–Trinajstić information content (AvgIpc) is 2.81. The van der Waals surface area contributed by atoms with Gasteiger partial charge in [0, 0.05) is 31.1 Å². The van der Waals surface area contributed by atoms with Gasteiger partial charge in [-0.3, -0.25) is 13.9 Å². The van der Waals surface area contributed by atoms with E-state index in [1.807, 2.05) is 13.8 Å². The number of carbonyl (C=O) groups excluding carboxylic acids is 2. The number of benzene rings is 2. The van der Waals surface area contributed by atoms with Gasteiger partial charge in [0.05, 0.1) is 11.9 Å². The molecule has 0 aliphatic carbocycles. The summed E-state index contributed by atoms with van der Waals surface area (Å²) in [6, 6.07) is 12.0. The Morgan fingerprint density at radius 2 is 1.74 bits per heavy atom. The number of nitrogens with zero attached hydrogens (tertiary/aromatic N) is 2. The third-order valence-corrected chi connectivity index (χ3v) is 7.06. The SMILES string of the molecule is CCCNC(=O)[C@H](CC)N(Cc1ccccc1Cl)C(=O)CCCN(c1ccccc1F)S(C)(=O)=O. The molecule has 2 amide bonds. The van der Waals surface area contributed by atoms with E-state index in [1.54, 1.807) is 30.3 Å². The smallest absolute Gasteiger partial charge is 0.242 e. The normalized spacial score (nSPS) is 12.1. The number of anilines is 1. The van der Waals surface area contributed by atoms with Gasteiger partial charge in [-0.1, -0.05) is 55.8 Å². The van der Waals surface area contributed by atoms with E-state index in [4.69, 9.17) is 11.6 Å². The summed E-state index contributed by atoms with van der Waals surface area (Å²) >= 11 is 6.32. The maximum Gasteiger partial charge on any atom is 0.242 e. The van der Waals surface area contributed by atoms with E-state index in [0.717, 1.165) is 17.0 Å². The lowest BCUT2D eigenvalue weighted by atomic mass is 10.1. The van der Waals surface area contributed by atoms with Crippen molar-refractivity contribution in [1.82, 2.24) is 10.2 Å². The molecule has 0 radical (unpaired) electrons. The molecule has 0 heterocycles. The fourth-order valence-corrected chi connectivity index (χ4v) is 4.89. The van der Waals surface area contributed by atoms with Gasteiger partial charge in [-0.15, -0.1) is 0 Å². The van der Waals surface area contributed by atoms with Crippen LogP contribution < -0.4 is 9.62 Å². The van der Waals surface area contributed by atoms with Gasteiger partial charge in [0.2, 0.25) is 21.8 Å². The van der Waals surface area contributed by atoms with Crippen LogP contribution in [0.4, 0.5) is 10.1 Å². The van der Waals surface area contributed by atoms with Crippen molar-refractivity contribution in [3.05, 3.63) is 64.9 Å². The molecule has 0 bridgehead atoms. The van der Waals surface area contributed by atoms with Gasteiger partial charge in [-0.25, -0.2) is 12.8 Å². The highest BCUT2D eigenvalue weighted by molar-refractivity contribution is 7.92. The van der Waals surface area contributed by atoms with Crippen molar-refractivity contribution in [2.75, 3.05) is 23.7 Å². The van der Waals surface area contributed by atoms with Crippen molar-refractivity contribution in [1.29, 1.82) is 0 Å². The average molecular weight is 526 g/mol. The van der Waals surface area contributed by atoms with Crippen molar-refractivity contribution in [2.24, 2.45) is 0 Å². The number of amides is 2. The Morgan fingerprint density at radius 3 is 2.34 bits per heavy atom. The lowest BCUT2D eigenvalue weighted by Crippen LogP contribution is -2.49. The molecule has 2 aromatic carbocycles. The van der Waals surface area contributed by atoms with Crippen LogP contribution >= 0.6 is 11.6 Å². The first-order chi connectivity index (χ1) is 16.6. The second kappa shape index (κ2) is 13.4. The molecular weight excluding hydrogens is 493 g/mol. The molecule has 192 valence electrons. The van der Waals surface area contributed by atoms with Crippen LogP contribution in [0.2, 0.25) is 5.02 Å². The molecule has 1 atom stereocenters. The zero-order valence-corrected chi connectivity index (χ0v) is 21.9. The molecule has 35 heavy (non-hydrogen) atoms. The number of sulfonamides is 1. The van der Waals surface area contributed by atoms with Crippen LogP contribution in [-0.4, -0.2) is 50.5 Å². The fraction of sp³-hybridized carbons (Fsp3) is 0.440. The highest BCUT2D eigenvalue weighted by Crippen LogP contribution is 2.23. The first-order valence-electron chi connectivity index (χ1n) is 11.6. The summed E-state index contributed by atoms with van der Waals surface area (Å²) in [6.45, 7) is 4.32. The van der Waals surface area contributed by atoms with Crippen LogP contribution in [0.15, 0.2) is 48.5 Å².